The number of rotatable bonds is 11. The average molecular weight is 460 g/mol. The van der Waals surface area contributed by atoms with Crippen molar-refractivity contribution in [3.8, 4) is 11.8 Å². The van der Waals surface area contributed by atoms with Crippen LogP contribution in [0.4, 0.5) is 0 Å². The van der Waals surface area contributed by atoms with Gasteiger partial charge in [-0.25, -0.2) is 4.79 Å². The van der Waals surface area contributed by atoms with Gasteiger partial charge in [-0.15, -0.1) is 0 Å². The van der Waals surface area contributed by atoms with Gasteiger partial charge < -0.3 is 4.74 Å². The van der Waals surface area contributed by atoms with E-state index in [4.69, 9.17) is 4.74 Å². The van der Waals surface area contributed by atoms with Crippen molar-refractivity contribution in [1.29, 1.82) is 5.26 Å². The minimum absolute atomic E-state index is 0.339. The topological polar surface area (TPSA) is 50.1 Å². The van der Waals surface area contributed by atoms with E-state index in [2.05, 4.69) is 39.0 Å². The van der Waals surface area contributed by atoms with Crippen LogP contribution in [-0.4, -0.2) is 5.97 Å². The first-order chi connectivity index (χ1) is 16.5. The number of hydrogen-bond donors (Lipinski definition) is 0. The molecular formula is C31H41NO2. The first-order valence-electron chi connectivity index (χ1n) is 13.4. The number of esters is 1. The van der Waals surface area contributed by atoms with Gasteiger partial charge in [-0.3, -0.25) is 0 Å². The van der Waals surface area contributed by atoms with E-state index < -0.39 is 5.97 Å². The van der Waals surface area contributed by atoms with Gasteiger partial charge in [0.2, 0.25) is 0 Å². The number of hydrogen-bond acceptors (Lipinski definition) is 3. The lowest BCUT2D eigenvalue weighted by molar-refractivity contribution is 0.0734. The highest BCUT2D eigenvalue weighted by Gasteiger charge is 2.26. The van der Waals surface area contributed by atoms with Gasteiger partial charge in [-0.05, 0) is 91.7 Å². The summed E-state index contributed by atoms with van der Waals surface area (Å²) in [6.45, 7) is 6.88. The fraction of sp³-hybridized carbons (Fsp3) is 0.548. The Labute approximate surface area is 206 Å². The average Bonchev–Trinajstić information content (AvgIpc) is 2.88. The fourth-order valence-corrected chi connectivity index (χ4v) is 5.32. The Hall–Kier alpha value is -2.60. The van der Waals surface area contributed by atoms with E-state index in [1.165, 1.54) is 63.4 Å². The third kappa shape index (κ3) is 7.20. The molecular weight excluding hydrogens is 418 g/mol. The summed E-state index contributed by atoms with van der Waals surface area (Å²) < 4.78 is 5.60. The molecule has 0 amide bonds. The minimum Gasteiger partial charge on any atom is -0.422 e. The fourth-order valence-electron chi connectivity index (χ4n) is 5.32. The maximum absolute atomic E-state index is 12.7. The van der Waals surface area contributed by atoms with Crippen LogP contribution < -0.4 is 4.74 Å². The number of ether oxygens (including phenoxy) is 1. The Morgan fingerprint density at radius 2 is 1.71 bits per heavy atom. The summed E-state index contributed by atoms with van der Waals surface area (Å²) in [7, 11) is 0. The van der Waals surface area contributed by atoms with Crippen LogP contribution in [0.5, 0.6) is 5.75 Å². The number of unbranched alkanes of at least 4 members (excludes halogenated alkanes) is 3. The zero-order valence-corrected chi connectivity index (χ0v) is 21.3. The number of nitriles is 1. The summed E-state index contributed by atoms with van der Waals surface area (Å²) in [5.41, 5.74) is 3.39. The number of aryl methyl sites for hydroxylation is 1. The van der Waals surface area contributed by atoms with Crippen LogP contribution in [-0.2, 0) is 6.42 Å². The van der Waals surface area contributed by atoms with Crippen LogP contribution in [0.2, 0.25) is 0 Å². The van der Waals surface area contributed by atoms with Crippen molar-refractivity contribution in [1.82, 2.24) is 0 Å². The van der Waals surface area contributed by atoms with Crippen molar-refractivity contribution in [2.75, 3.05) is 0 Å². The van der Waals surface area contributed by atoms with Crippen molar-refractivity contribution in [2.45, 2.75) is 97.3 Å². The summed E-state index contributed by atoms with van der Waals surface area (Å²) in [6.07, 6.45) is 13.5. The van der Waals surface area contributed by atoms with Crippen LogP contribution in [0.15, 0.2) is 42.5 Å². The lowest BCUT2D eigenvalue weighted by atomic mass is 9.73. The molecule has 3 heteroatoms. The first kappa shape index (κ1) is 26.0. The number of nitrogens with zero attached hydrogens (tertiary/aromatic N) is 1. The molecule has 3 nitrogen and oxygen atoms in total. The normalized spacial score (nSPS) is 18.8. The van der Waals surface area contributed by atoms with Gasteiger partial charge in [0, 0.05) is 0 Å². The summed E-state index contributed by atoms with van der Waals surface area (Å²) in [5, 5.41) is 9.53. The number of carbonyl (C=O) groups is 1. The van der Waals surface area contributed by atoms with Crippen molar-refractivity contribution in [2.24, 2.45) is 11.8 Å². The van der Waals surface area contributed by atoms with Crippen LogP contribution in [0.3, 0.4) is 0 Å². The van der Waals surface area contributed by atoms with Crippen molar-refractivity contribution < 1.29 is 9.53 Å². The molecule has 0 saturated heterocycles. The molecule has 1 saturated carbocycles. The Balaban J connectivity index is 1.56. The molecule has 1 fully saturated rings. The van der Waals surface area contributed by atoms with Crippen LogP contribution >= 0.6 is 0 Å². The van der Waals surface area contributed by atoms with E-state index in [1.54, 1.807) is 6.07 Å². The van der Waals surface area contributed by atoms with E-state index in [9.17, 15) is 10.1 Å². The lowest BCUT2D eigenvalue weighted by Crippen LogP contribution is -2.19. The Bertz CT molecular complexity index is 948. The molecule has 0 spiro atoms. The van der Waals surface area contributed by atoms with Crippen LogP contribution in [0.1, 0.15) is 118 Å². The minimum atomic E-state index is -0.407. The van der Waals surface area contributed by atoms with Crippen molar-refractivity contribution in [3.63, 3.8) is 0 Å². The molecule has 34 heavy (non-hydrogen) atoms. The van der Waals surface area contributed by atoms with E-state index in [0.717, 1.165) is 30.2 Å². The van der Waals surface area contributed by atoms with E-state index in [1.807, 2.05) is 24.3 Å². The van der Waals surface area contributed by atoms with Crippen LogP contribution in [0.25, 0.3) is 0 Å². The molecule has 1 atom stereocenters. The smallest absolute Gasteiger partial charge is 0.343 e. The first-order valence-corrected chi connectivity index (χ1v) is 13.4. The van der Waals surface area contributed by atoms with Gasteiger partial charge in [0.25, 0.3) is 0 Å². The molecule has 2 aromatic rings. The van der Waals surface area contributed by atoms with Gasteiger partial charge in [0.15, 0.2) is 0 Å². The summed E-state index contributed by atoms with van der Waals surface area (Å²) in [4.78, 5) is 12.7. The molecule has 1 aliphatic rings. The Morgan fingerprint density at radius 1 is 1.00 bits per heavy atom. The van der Waals surface area contributed by atoms with E-state index in [0.29, 0.717) is 22.8 Å². The highest BCUT2D eigenvalue weighted by atomic mass is 16.5. The molecule has 182 valence electrons. The third-order valence-electron chi connectivity index (χ3n) is 7.64. The Morgan fingerprint density at radius 3 is 2.35 bits per heavy atom. The summed E-state index contributed by atoms with van der Waals surface area (Å²) >= 11 is 0. The number of benzene rings is 2. The summed E-state index contributed by atoms with van der Waals surface area (Å²) in [5.74, 6) is 2.22. The summed E-state index contributed by atoms with van der Waals surface area (Å²) in [6, 6.07) is 15.7. The quantitative estimate of drug-likeness (QED) is 0.192. The van der Waals surface area contributed by atoms with Gasteiger partial charge in [0.05, 0.1) is 11.1 Å². The number of carbonyl (C=O) groups excluding carboxylic acids is 1. The SMILES string of the molecule is CCCCCc1ccc(OC(=O)c2ccc(C3CCC(C(C)CCCC)CC3)cc2)c(C#N)c1. The predicted molar refractivity (Wildman–Crippen MR) is 139 cm³/mol. The monoisotopic (exact) mass is 459 g/mol. The second-order valence-electron chi connectivity index (χ2n) is 10.1. The molecule has 2 aromatic carbocycles. The second-order valence-corrected chi connectivity index (χ2v) is 10.1. The Kier molecular flexibility index (Phi) is 10.2. The second kappa shape index (κ2) is 13.3. The molecule has 0 heterocycles. The zero-order chi connectivity index (χ0) is 24.3. The molecule has 0 aromatic heterocycles. The van der Waals surface area contributed by atoms with Gasteiger partial charge in [-0.1, -0.05) is 71.1 Å². The van der Waals surface area contributed by atoms with Gasteiger partial charge in [-0.2, -0.15) is 5.26 Å². The highest BCUT2D eigenvalue weighted by Crippen LogP contribution is 2.40. The molecule has 1 unspecified atom stereocenters. The largest absolute Gasteiger partial charge is 0.422 e. The maximum atomic E-state index is 12.7. The highest BCUT2D eigenvalue weighted by molar-refractivity contribution is 5.91. The zero-order valence-electron chi connectivity index (χ0n) is 21.3. The van der Waals surface area contributed by atoms with Crippen molar-refractivity contribution in [3.05, 3.63) is 64.7 Å². The molecule has 0 N–H and O–H groups in total. The van der Waals surface area contributed by atoms with Crippen molar-refractivity contribution >= 4 is 5.97 Å². The predicted octanol–water partition coefficient (Wildman–Crippen LogP) is 8.61. The van der Waals surface area contributed by atoms with Crippen LogP contribution in [0, 0.1) is 23.2 Å². The maximum Gasteiger partial charge on any atom is 0.343 e. The molecule has 3 rings (SSSR count). The molecule has 0 aliphatic heterocycles. The molecule has 0 bridgehead atoms. The van der Waals surface area contributed by atoms with E-state index in [-0.39, 0.29) is 0 Å². The lowest BCUT2D eigenvalue weighted by Gasteiger charge is -2.32. The standard InChI is InChI=1S/C31H41NO2/c1-4-6-8-10-24-11-20-30(29(21-24)22-32)34-31(33)28-18-16-27(17-19-28)26-14-12-25(13-15-26)23(3)9-7-5-2/h11,16-21,23,25-26H,4-10,12-15H2,1-3H3. The van der Waals surface area contributed by atoms with Gasteiger partial charge in [0.1, 0.15) is 11.8 Å². The van der Waals surface area contributed by atoms with Gasteiger partial charge >= 0.3 is 5.97 Å². The third-order valence-corrected chi connectivity index (χ3v) is 7.64. The molecule has 0 radical (unpaired) electrons. The molecule has 1 aliphatic carbocycles. The van der Waals surface area contributed by atoms with E-state index >= 15 is 0 Å².